The second-order valence-electron chi connectivity index (χ2n) is 6.10. The predicted octanol–water partition coefficient (Wildman–Crippen LogP) is 4.43. The highest BCUT2D eigenvalue weighted by Gasteiger charge is 2.19. The van der Waals surface area contributed by atoms with Crippen LogP contribution >= 0.6 is 0 Å². The highest BCUT2D eigenvalue weighted by molar-refractivity contribution is 5.95. The summed E-state index contributed by atoms with van der Waals surface area (Å²) in [4.78, 5) is 12.1. The van der Waals surface area contributed by atoms with Crippen LogP contribution in [0.15, 0.2) is 41.1 Å². The number of methoxy groups -OCH3 is 3. The normalized spacial score (nSPS) is 10.6. The van der Waals surface area contributed by atoms with Crippen LogP contribution in [0.2, 0.25) is 0 Å². The second-order valence-corrected chi connectivity index (χ2v) is 6.10. The van der Waals surface area contributed by atoms with Gasteiger partial charge in [-0.15, -0.1) is 0 Å². The summed E-state index contributed by atoms with van der Waals surface area (Å²) in [7, 11) is 4.48. The molecular weight excluding hydrogens is 346 g/mol. The van der Waals surface area contributed by atoms with E-state index < -0.39 is 5.97 Å². The summed E-state index contributed by atoms with van der Waals surface area (Å²) < 4.78 is 21.1. The third kappa shape index (κ3) is 3.38. The molecule has 0 aliphatic rings. The minimum Gasteiger partial charge on any atom is -0.496 e. The minimum absolute atomic E-state index is 0.335. The summed E-state index contributed by atoms with van der Waals surface area (Å²) in [6.45, 7) is 4.02. The number of carbonyl (C=O) groups excluding carboxylic acids is 1. The summed E-state index contributed by atoms with van der Waals surface area (Å²) in [6, 6.07) is 9.21. The van der Waals surface area contributed by atoms with E-state index in [1.807, 2.05) is 32.0 Å². The topological polar surface area (TPSA) is 70.8 Å². The molecule has 0 spiro atoms. The number of aryl methyl sites for hydroxylation is 1. The molecule has 0 aliphatic carbocycles. The van der Waals surface area contributed by atoms with Crippen LogP contribution in [0.25, 0.3) is 22.5 Å². The maximum Gasteiger partial charge on any atom is 0.341 e. The fourth-order valence-electron chi connectivity index (χ4n) is 2.97. The molecule has 6 heteroatoms. The van der Waals surface area contributed by atoms with Gasteiger partial charge in [-0.3, -0.25) is 0 Å². The van der Waals surface area contributed by atoms with Crippen molar-refractivity contribution in [1.82, 2.24) is 5.16 Å². The Labute approximate surface area is 157 Å². The Kier molecular flexibility index (Phi) is 5.16. The Morgan fingerprint density at radius 1 is 0.963 bits per heavy atom. The molecule has 1 heterocycles. The van der Waals surface area contributed by atoms with Gasteiger partial charge in [-0.2, -0.15) is 0 Å². The molecule has 3 aromatic rings. The van der Waals surface area contributed by atoms with Crippen molar-refractivity contribution in [3.8, 4) is 33.9 Å². The van der Waals surface area contributed by atoms with Gasteiger partial charge in [0, 0.05) is 11.1 Å². The third-order valence-corrected chi connectivity index (χ3v) is 4.59. The van der Waals surface area contributed by atoms with Crippen LogP contribution in [0.1, 0.15) is 21.5 Å². The third-order valence-electron chi connectivity index (χ3n) is 4.59. The number of aromatic nitrogens is 1. The van der Waals surface area contributed by atoms with Crippen molar-refractivity contribution in [3.05, 3.63) is 53.2 Å². The highest BCUT2D eigenvalue weighted by Crippen LogP contribution is 2.37. The summed E-state index contributed by atoms with van der Waals surface area (Å²) in [5.41, 5.74) is 4.86. The molecule has 0 saturated carbocycles. The SMILES string of the molecule is COC(=O)c1cc(-c2cnoc2-c2cc(C)c(C)c(OC)c2)ccc1OC. The Morgan fingerprint density at radius 2 is 1.70 bits per heavy atom. The lowest BCUT2D eigenvalue weighted by Gasteiger charge is -2.11. The van der Waals surface area contributed by atoms with E-state index in [4.69, 9.17) is 18.7 Å². The smallest absolute Gasteiger partial charge is 0.341 e. The molecule has 0 bridgehead atoms. The zero-order chi connectivity index (χ0) is 19.6. The van der Waals surface area contributed by atoms with Gasteiger partial charge in [0.15, 0.2) is 5.76 Å². The number of hydrogen-bond acceptors (Lipinski definition) is 6. The van der Waals surface area contributed by atoms with Crippen molar-refractivity contribution in [3.63, 3.8) is 0 Å². The zero-order valence-corrected chi connectivity index (χ0v) is 16.0. The van der Waals surface area contributed by atoms with E-state index in [-0.39, 0.29) is 0 Å². The molecule has 140 valence electrons. The summed E-state index contributed by atoms with van der Waals surface area (Å²) in [5.74, 6) is 1.34. The molecule has 0 fully saturated rings. The molecule has 27 heavy (non-hydrogen) atoms. The van der Waals surface area contributed by atoms with Crippen LogP contribution < -0.4 is 9.47 Å². The Balaban J connectivity index is 2.14. The van der Waals surface area contributed by atoms with Gasteiger partial charge in [0.1, 0.15) is 17.1 Å². The number of hydrogen-bond donors (Lipinski definition) is 0. The molecule has 6 nitrogen and oxygen atoms in total. The number of nitrogens with zero attached hydrogens (tertiary/aromatic N) is 1. The lowest BCUT2D eigenvalue weighted by molar-refractivity contribution is 0.0597. The molecule has 1 aromatic heterocycles. The maximum atomic E-state index is 12.1. The molecule has 0 unspecified atom stereocenters. The van der Waals surface area contributed by atoms with Gasteiger partial charge in [-0.1, -0.05) is 11.2 Å². The number of ether oxygens (including phenoxy) is 3. The van der Waals surface area contributed by atoms with Crippen molar-refractivity contribution >= 4 is 5.97 Å². The summed E-state index contributed by atoms with van der Waals surface area (Å²) >= 11 is 0. The van der Waals surface area contributed by atoms with Crippen LogP contribution in [0, 0.1) is 13.8 Å². The molecule has 2 aromatic carbocycles. The fourth-order valence-corrected chi connectivity index (χ4v) is 2.97. The highest BCUT2D eigenvalue weighted by atomic mass is 16.5. The van der Waals surface area contributed by atoms with Gasteiger partial charge < -0.3 is 18.7 Å². The van der Waals surface area contributed by atoms with E-state index in [9.17, 15) is 4.79 Å². The monoisotopic (exact) mass is 367 g/mol. The van der Waals surface area contributed by atoms with Gasteiger partial charge in [0.25, 0.3) is 0 Å². The Hall–Kier alpha value is -3.28. The van der Waals surface area contributed by atoms with Crippen molar-refractivity contribution in [2.75, 3.05) is 21.3 Å². The minimum atomic E-state index is -0.473. The van der Waals surface area contributed by atoms with Crippen LogP contribution in [0.4, 0.5) is 0 Å². The number of carbonyl (C=O) groups is 1. The summed E-state index contributed by atoms with van der Waals surface area (Å²) in [5, 5.41) is 3.96. The van der Waals surface area contributed by atoms with E-state index in [1.54, 1.807) is 25.4 Å². The Bertz CT molecular complexity index is 990. The number of rotatable bonds is 5. The van der Waals surface area contributed by atoms with E-state index in [1.165, 1.54) is 14.2 Å². The molecular formula is C21H21NO5. The molecule has 0 amide bonds. The van der Waals surface area contributed by atoms with E-state index in [0.717, 1.165) is 33.6 Å². The van der Waals surface area contributed by atoms with Gasteiger partial charge >= 0.3 is 5.97 Å². The standard InChI is InChI=1S/C21H21NO5/c1-12-8-15(10-19(25-4)13(12)2)20-17(11-22-27-20)14-6-7-18(24-3)16(9-14)21(23)26-5/h6-11H,1-5H3. The largest absolute Gasteiger partial charge is 0.496 e. The number of esters is 1. The van der Waals surface area contributed by atoms with Crippen molar-refractivity contribution in [1.29, 1.82) is 0 Å². The fraction of sp³-hybridized carbons (Fsp3) is 0.238. The Morgan fingerprint density at radius 3 is 2.37 bits per heavy atom. The van der Waals surface area contributed by atoms with E-state index in [0.29, 0.717) is 17.1 Å². The summed E-state index contributed by atoms with van der Waals surface area (Å²) in [6.07, 6.45) is 1.62. The van der Waals surface area contributed by atoms with Gasteiger partial charge in [0.2, 0.25) is 0 Å². The van der Waals surface area contributed by atoms with E-state index >= 15 is 0 Å². The van der Waals surface area contributed by atoms with E-state index in [2.05, 4.69) is 5.16 Å². The van der Waals surface area contributed by atoms with Crippen LogP contribution in [0.3, 0.4) is 0 Å². The molecule has 0 aliphatic heterocycles. The zero-order valence-electron chi connectivity index (χ0n) is 16.0. The van der Waals surface area contributed by atoms with Crippen LogP contribution in [0.5, 0.6) is 11.5 Å². The molecule has 0 N–H and O–H groups in total. The first kappa shape index (κ1) is 18.5. The lowest BCUT2D eigenvalue weighted by atomic mass is 9.97. The predicted molar refractivity (Wildman–Crippen MR) is 101 cm³/mol. The first-order chi connectivity index (χ1) is 13.0. The molecule has 0 atom stereocenters. The van der Waals surface area contributed by atoms with Crippen molar-refractivity contribution in [2.24, 2.45) is 0 Å². The maximum absolute atomic E-state index is 12.1. The van der Waals surface area contributed by atoms with Crippen molar-refractivity contribution < 1.29 is 23.5 Å². The van der Waals surface area contributed by atoms with Gasteiger partial charge in [0.05, 0.1) is 27.5 Å². The molecule has 0 saturated heterocycles. The average Bonchev–Trinajstić information content (AvgIpc) is 3.18. The average molecular weight is 367 g/mol. The van der Waals surface area contributed by atoms with Gasteiger partial charge in [-0.25, -0.2) is 4.79 Å². The first-order valence-corrected chi connectivity index (χ1v) is 8.37. The first-order valence-electron chi connectivity index (χ1n) is 8.37. The molecule has 3 rings (SSSR count). The lowest BCUT2D eigenvalue weighted by Crippen LogP contribution is -2.04. The van der Waals surface area contributed by atoms with Crippen LogP contribution in [-0.4, -0.2) is 32.5 Å². The van der Waals surface area contributed by atoms with Gasteiger partial charge in [-0.05, 0) is 54.8 Å². The molecule has 0 radical (unpaired) electrons. The van der Waals surface area contributed by atoms with Crippen molar-refractivity contribution in [2.45, 2.75) is 13.8 Å². The quantitative estimate of drug-likeness (QED) is 0.621. The number of benzene rings is 2. The van der Waals surface area contributed by atoms with Crippen LogP contribution in [-0.2, 0) is 4.74 Å². The second kappa shape index (κ2) is 7.53.